The molecule has 0 aliphatic heterocycles. The van der Waals surface area contributed by atoms with Crippen LogP contribution >= 0.6 is 11.3 Å². The second-order valence-electron chi connectivity index (χ2n) is 5.13. The molecule has 4 nitrogen and oxygen atoms in total. The Morgan fingerprint density at radius 2 is 2.32 bits per heavy atom. The van der Waals surface area contributed by atoms with Crippen molar-refractivity contribution in [1.82, 2.24) is 15.5 Å². The molecule has 5 heteroatoms. The molecular weight excluding hydrogens is 258 g/mol. The molecule has 19 heavy (non-hydrogen) atoms. The molecule has 1 N–H and O–H groups in total. The van der Waals surface area contributed by atoms with E-state index >= 15 is 0 Å². The highest BCUT2D eigenvalue weighted by Crippen LogP contribution is 2.28. The van der Waals surface area contributed by atoms with Gasteiger partial charge in [-0.2, -0.15) is 4.98 Å². The van der Waals surface area contributed by atoms with Gasteiger partial charge in [0.05, 0.1) is 4.88 Å². The molecule has 0 aromatic carbocycles. The molecule has 2 unspecified atom stereocenters. The van der Waals surface area contributed by atoms with Gasteiger partial charge in [0.1, 0.15) is 0 Å². The maximum absolute atomic E-state index is 5.40. The summed E-state index contributed by atoms with van der Waals surface area (Å²) >= 11 is 1.64. The third-order valence-electron chi connectivity index (χ3n) is 3.93. The number of hydrogen-bond donors (Lipinski definition) is 1. The van der Waals surface area contributed by atoms with E-state index in [2.05, 4.69) is 15.5 Å². The highest BCUT2D eigenvalue weighted by Gasteiger charge is 2.26. The molecule has 1 saturated carbocycles. The maximum Gasteiger partial charge on any atom is 0.227 e. The Bertz CT molecular complexity index is 509. The van der Waals surface area contributed by atoms with Crippen molar-refractivity contribution in [3.63, 3.8) is 0 Å². The summed E-state index contributed by atoms with van der Waals surface area (Å²) in [5.41, 5.74) is 0. The van der Waals surface area contributed by atoms with Crippen LogP contribution in [0.15, 0.2) is 22.0 Å². The predicted molar refractivity (Wildman–Crippen MR) is 76.1 cm³/mol. The second-order valence-corrected chi connectivity index (χ2v) is 6.08. The topological polar surface area (TPSA) is 51.0 Å². The number of nitrogens with one attached hydrogen (secondary N) is 1. The zero-order valence-corrected chi connectivity index (χ0v) is 11.9. The zero-order valence-electron chi connectivity index (χ0n) is 11.1. The van der Waals surface area contributed by atoms with Crippen molar-refractivity contribution in [3.05, 3.63) is 23.4 Å². The van der Waals surface area contributed by atoms with Crippen LogP contribution in [0, 0.1) is 5.92 Å². The minimum absolute atomic E-state index is 0.589. The fraction of sp³-hybridized carbons (Fsp3) is 0.571. The van der Waals surface area contributed by atoms with Crippen molar-refractivity contribution >= 4 is 11.3 Å². The normalized spacial score (nSPS) is 23.6. The standard InChI is InChI=1S/C14H19N3OS/c1-15-11-6-3-2-5-10(11)9-13-16-14(17-18-13)12-7-4-8-19-12/h4,7-8,10-11,15H,2-3,5-6,9H2,1H3. The van der Waals surface area contributed by atoms with E-state index in [9.17, 15) is 0 Å². The molecule has 0 bridgehead atoms. The fourth-order valence-electron chi connectivity index (χ4n) is 2.90. The van der Waals surface area contributed by atoms with E-state index in [1.165, 1.54) is 25.7 Å². The van der Waals surface area contributed by atoms with Crippen LogP contribution in [-0.2, 0) is 6.42 Å². The molecule has 1 fully saturated rings. The predicted octanol–water partition coefficient (Wildman–Crippen LogP) is 3.12. The van der Waals surface area contributed by atoms with Crippen molar-refractivity contribution in [2.45, 2.75) is 38.1 Å². The average Bonchev–Trinajstić information content (AvgIpc) is 3.09. The first-order chi connectivity index (χ1) is 9.36. The summed E-state index contributed by atoms with van der Waals surface area (Å²) < 4.78 is 5.40. The summed E-state index contributed by atoms with van der Waals surface area (Å²) in [5.74, 6) is 2.12. The number of hydrogen-bond acceptors (Lipinski definition) is 5. The SMILES string of the molecule is CNC1CCCCC1Cc1nc(-c2cccs2)no1. The maximum atomic E-state index is 5.40. The Kier molecular flexibility index (Phi) is 3.94. The summed E-state index contributed by atoms with van der Waals surface area (Å²) in [6, 6.07) is 4.62. The van der Waals surface area contributed by atoms with Crippen molar-refractivity contribution in [2.75, 3.05) is 7.05 Å². The summed E-state index contributed by atoms with van der Waals surface area (Å²) in [6.45, 7) is 0. The third kappa shape index (κ3) is 2.87. The molecule has 102 valence electrons. The molecule has 0 saturated heterocycles. The van der Waals surface area contributed by atoms with Gasteiger partial charge < -0.3 is 9.84 Å². The van der Waals surface area contributed by atoms with Crippen LogP contribution in [0.25, 0.3) is 10.7 Å². The van der Waals surface area contributed by atoms with Crippen LogP contribution in [-0.4, -0.2) is 23.2 Å². The smallest absolute Gasteiger partial charge is 0.227 e. The molecule has 0 radical (unpaired) electrons. The molecule has 2 aromatic rings. The molecule has 0 amide bonds. The lowest BCUT2D eigenvalue weighted by molar-refractivity contribution is 0.248. The number of nitrogens with zero attached hydrogens (tertiary/aromatic N) is 2. The van der Waals surface area contributed by atoms with E-state index in [1.807, 2.05) is 24.6 Å². The van der Waals surface area contributed by atoms with Crippen molar-refractivity contribution in [3.8, 4) is 10.7 Å². The van der Waals surface area contributed by atoms with Gasteiger partial charge in [-0.3, -0.25) is 0 Å². The van der Waals surface area contributed by atoms with Gasteiger partial charge in [-0.15, -0.1) is 11.3 Å². The van der Waals surface area contributed by atoms with Crippen LogP contribution in [0.5, 0.6) is 0 Å². The second kappa shape index (κ2) is 5.84. The first kappa shape index (κ1) is 12.8. The minimum Gasteiger partial charge on any atom is -0.339 e. The average molecular weight is 277 g/mol. The Labute approximate surface area is 117 Å². The number of thiophene rings is 1. The first-order valence-electron chi connectivity index (χ1n) is 6.90. The lowest BCUT2D eigenvalue weighted by atomic mass is 9.82. The molecule has 3 rings (SSSR count). The van der Waals surface area contributed by atoms with E-state index < -0.39 is 0 Å². The molecule has 1 aliphatic rings. The van der Waals surface area contributed by atoms with Crippen LogP contribution < -0.4 is 5.32 Å². The molecule has 0 spiro atoms. The highest BCUT2D eigenvalue weighted by atomic mass is 32.1. The van der Waals surface area contributed by atoms with Gasteiger partial charge >= 0.3 is 0 Å². The molecular formula is C14H19N3OS. The minimum atomic E-state index is 0.589. The largest absolute Gasteiger partial charge is 0.339 e. The molecule has 2 atom stereocenters. The number of aromatic nitrogens is 2. The van der Waals surface area contributed by atoms with Crippen molar-refractivity contribution in [1.29, 1.82) is 0 Å². The van der Waals surface area contributed by atoms with Gasteiger partial charge in [0.15, 0.2) is 0 Å². The van der Waals surface area contributed by atoms with E-state index in [0.29, 0.717) is 12.0 Å². The van der Waals surface area contributed by atoms with Gasteiger partial charge in [-0.1, -0.05) is 24.1 Å². The Morgan fingerprint density at radius 3 is 3.11 bits per heavy atom. The van der Waals surface area contributed by atoms with Gasteiger partial charge in [0, 0.05) is 12.5 Å². The fourth-order valence-corrected chi connectivity index (χ4v) is 3.55. The van der Waals surface area contributed by atoms with E-state index in [4.69, 9.17) is 4.52 Å². The van der Waals surface area contributed by atoms with Gasteiger partial charge in [0.25, 0.3) is 0 Å². The first-order valence-corrected chi connectivity index (χ1v) is 7.78. The summed E-state index contributed by atoms with van der Waals surface area (Å²) in [6.07, 6.45) is 6.04. The van der Waals surface area contributed by atoms with E-state index in [0.717, 1.165) is 23.0 Å². The zero-order chi connectivity index (χ0) is 13.1. The van der Waals surface area contributed by atoms with Gasteiger partial charge in [-0.05, 0) is 37.3 Å². The van der Waals surface area contributed by atoms with Crippen LogP contribution in [0.1, 0.15) is 31.6 Å². The lowest BCUT2D eigenvalue weighted by Crippen LogP contribution is -2.37. The summed E-state index contributed by atoms with van der Waals surface area (Å²) in [4.78, 5) is 5.59. The summed E-state index contributed by atoms with van der Waals surface area (Å²) in [5, 5.41) is 9.53. The molecule has 2 aromatic heterocycles. The van der Waals surface area contributed by atoms with Gasteiger partial charge in [0.2, 0.25) is 11.7 Å². The third-order valence-corrected chi connectivity index (χ3v) is 4.79. The Balaban J connectivity index is 1.69. The van der Waals surface area contributed by atoms with Crippen LogP contribution in [0.3, 0.4) is 0 Å². The molecule has 2 heterocycles. The van der Waals surface area contributed by atoms with Gasteiger partial charge in [-0.25, -0.2) is 0 Å². The Hall–Kier alpha value is -1.20. The van der Waals surface area contributed by atoms with Crippen molar-refractivity contribution in [2.24, 2.45) is 5.92 Å². The Morgan fingerprint density at radius 1 is 1.42 bits per heavy atom. The monoisotopic (exact) mass is 277 g/mol. The highest BCUT2D eigenvalue weighted by molar-refractivity contribution is 7.13. The van der Waals surface area contributed by atoms with Crippen LogP contribution in [0.2, 0.25) is 0 Å². The lowest BCUT2D eigenvalue weighted by Gasteiger charge is -2.30. The van der Waals surface area contributed by atoms with Crippen molar-refractivity contribution < 1.29 is 4.52 Å². The molecule has 1 aliphatic carbocycles. The van der Waals surface area contributed by atoms with Crippen LogP contribution in [0.4, 0.5) is 0 Å². The summed E-state index contributed by atoms with van der Waals surface area (Å²) in [7, 11) is 2.05. The quantitative estimate of drug-likeness (QED) is 0.933. The van der Waals surface area contributed by atoms with E-state index in [1.54, 1.807) is 11.3 Å². The van der Waals surface area contributed by atoms with E-state index in [-0.39, 0.29) is 0 Å². The number of rotatable bonds is 4.